The van der Waals surface area contributed by atoms with E-state index in [0.29, 0.717) is 11.4 Å². The Morgan fingerprint density at radius 2 is 1.92 bits per heavy atom. The summed E-state index contributed by atoms with van der Waals surface area (Å²) >= 11 is 0. The molecule has 0 saturated carbocycles. The Morgan fingerprint density at radius 3 is 2.31 bits per heavy atom. The van der Waals surface area contributed by atoms with Gasteiger partial charge in [0.25, 0.3) is 0 Å². The molecule has 0 aromatic carbocycles. The van der Waals surface area contributed by atoms with Crippen LogP contribution >= 0.6 is 0 Å². The van der Waals surface area contributed by atoms with Gasteiger partial charge in [-0.3, -0.25) is 0 Å². The Kier molecular flexibility index (Phi) is 4.37. The van der Waals surface area contributed by atoms with Crippen molar-refractivity contribution in [3.05, 3.63) is 35.7 Å². The summed E-state index contributed by atoms with van der Waals surface area (Å²) in [6.07, 6.45) is 2.96. The van der Waals surface area contributed by atoms with Crippen LogP contribution in [0.1, 0.15) is 6.92 Å². The van der Waals surface area contributed by atoms with Crippen LogP contribution in [-0.2, 0) is 9.53 Å². The first kappa shape index (κ1) is 11.3. The van der Waals surface area contributed by atoms with Gasteiger partial charge in [-0.1, -0.05) is 6.58 Å². The fourth-order valence-electron chi connectivity index (χ4n) is 0.521. The van der Waals surface area contributed by atoms with E-state index in [9.17, 15) is 4.79 Å². The molecular formula is C9H14N2O2. The van der Waals surface area contributed by atoms with Crippen molar-refractivity contribution < 1.29 is 9.53 Å². The first-order valence-corrected chi connectivity index (χ1v) is 3.66. The molecule has 0 spiro atoms. The molecule has 0 fully saturated rings. The summed E-state index contributed by atoms with van der Waals surface area (Å²) in [5.74, 6) is -0.487. The topological polar surface area (TPSA) is 78.3 Å². The van der Waals surface area contributed by atoms with Gasteiger partial charge in [0.1, 0.15) is 0 Å². The Bertz CT molecular complexity index is 273. The zero-order valence-electron chi connectivity index (χ0n) is 7.83. The fraction of sp³-hybridized carbons (Fsp3) is 0.222. The third-order valence-corrected chi connectivity index (χ3v) is 1.37. The molecule has 0 rings (SSSR count). The summed E-state index contributed by atoms with van der Waals surface area (Å²) < 4.78 is 4.43. The van der Waals surface area contributed by atoms with E-state index in [2.05, 4.69) is 11.3 Å². The number of allylic oxidation sites excluding steroid dienone is 2. The summed E-state index contributed by atoms with van der Waals surface area (Å²) in [5.41, 5.74) is 12.0. The first-order chi connectivity index (χ1) is 5.99. The van der Waals surface area contributed by atoms with Crippen LogP contribution in [0, 0.1) is 0 Å². The quantitative estimate of drug-likeness (QED) is 0.376. The molecule has 0 aliphatic carbocycles. The molecule has 0 aromatic heterocycles. The molecule has 4 N–H and O–H groups in total. The summed E-state index contributed by atoms with van der Waals surface area (Å²) in [5, 5.41) is 0. The van der Waals surface area contributed by atoms with Crippen molar-refractivity contribution in [2.75, 3.05) is 7.11 Å². The lowest BCUT2D eigenvalue weighted by molar-refractivity contribution is -0.135. The van der Waals surface area contributed by atoms with Crippen LogP contribution in [0.15, 0.2) is 35.7 Å². The molecular weight excluding hydrogens is 168 g/mol. The molecule has 0 radical (unpaired) electrons. The van der Waals surface area contributed by atoms with Gasteiger partial charge in [-0.15, -0.1) is 0 Å². The number of ether oxygens (including phenoxy) is 1. The van der Waals surface area contributed by atoms with Gasteiger partial charge in [-0.05, 0) is 19.1 Å². The summed E-state index contributed by atoms with van der Waals surface area (Å²) in [4.78, 5) is 10.8. The van der Waals surface area contributed by atoms with E-state index in [0.717, 1.165) is 0 Å². The smallest absolute Gasteiger partial charge is 0.337 e. The SMILES string of the molecule is C=C(/C=C\C(N)=C(/C)N)C(=O)OC. The van der Waals surface area contributed by atoms with Crippen LogP contribution in [-0.4, -0.2) is 13.1 Å². The fourth-order valence-corrected chi connectivity index (χ4v) is 0.521. The lowest BCUT2D eigenvalue weighted by atomic mass is 10.2. The summed E-state index contributed by atoms with van der Waals surface area (Å²) in [6, 6.07) is 0. The number of carbonyl (C=O) groups is 1. The van der Waals surface area contributed by atoms with Crippen LogP contribution in [0.5, 0.6) is 0 Å². The average Bonchev–Trinajstić information content (AvgIpc) is 2.11. The molecule has 4 heteroatoms. The second-order valence-electron chi connectivity index (χ2n) is 2.49. The number of hydrogen-bond acceptors (Lipinski definition) is 4. The van der Waals surface area contributed by atoms with Crippen LogP contribution in [0.25, 0.3) is 0 Å². The Balaban J connectivity index is 4.38. The van der Waals surface area contributed by atoms with Gasteiger partial charge >= 0.3 is 5.97 Å². The van der Waals surface area contributed by atoms with E-state index in [-0.39, 0.29) is 5.57 Å². The first-order valence-electron chi connectivity index (χ1n) is 3.66. The van der Waals surface area contributed by atoms with Crippen molar-refractivity contribution in [1.29, 1.82) is 0 Å². The van der Waals surface area contributed by atoms with Gasteiger partial charge in [0, 0.05) is 5.70 Å². The standard InChI is InChI=1S/C9H14N2O2/c1-6(9(12)13-3)4-5-8(11)7(2)10/h4-5H,1,10-11H2,2-3H3/b5-4-,8-7-. The Labute approximate surface area is 77.5 Å². The van der Waals surface area contributed by atoms with E-state index in [1.807, 2.05) is 0 Å². The number of hydrogen-bond donors (Lipinski definition) is 2. The maximum absolute atomic E-state index is 10.8. The van der Waals surface area contributed by atoms with Crippen molar-refractivity contribution in [3.63, 3.8) is 0 Å². The van der Waals surface area contributed by atoms with E-state index < -0.39 is 5.97 Å². The van der Waals surface area contributed by atoms with Crippen molar-refractivity contribution in [1.82, 2.24) is 0 Å². The van der Waals surface area contributed by atoms with Crippen LogP contribution in [0.3, 0.4) is 0 Å². The molecule has 0 atom stereocenters. The zero-order chi connectivity index (χ0) is 10.4. The molecule has 0 aliphatic heterocycles. The van der Waals surface area contributed by atoms with E-state index in [1.165, 1.54) is 19.3 Å². The second kappa shape index (κ2) is 5.03. The van der Waals surface area contributed by atoms with Gasteiger partial charge in [0.05, 0.1) is 18.4 Å². The average molecular weight is 182 g/mol. The number of rotatable bonds is 3. The molecule has 0 unspecified atom stereocenters. The van der Waals surface area contributed by atoms with Crippen molar-refractivity contribution >= 4 is 5.97 Å². The summed E-state index contributed by atoms with van der Waals surface area (Å²) in [7, 11) is 1.29. The highest BCUT2D eigenvalue weighted by molar-refractivity contribution is 5.90. The number of esters is 1. The van der Waals surface area contributed by atoms with Gasteiger partial charge in [-0.2, -0.15) is 0 Å². The highest BCUT2D eigenvalue weighted by Crippen LogP contribution is 1.99. The van der Waals surface area contributed by atoms with Crippen LogP contribution in [0.2, 0.25) is 0 Å². The Morgan fingerprint density at radius 1 is 1.38 bits per heavy atom. The molecule has 13 heavy (non-hydrogen) atoms. The Hall–Kier alpha value is -1.71. The highest BCUT2D eigenvalue weighted by atomic mass is 16.5. The zero-order valence-corrected chi connectivity index (χ0v) is 7.83. The van der Waals surface area contributed by atoms with Gasteiger partial charge in [0.2, 0.25) is 0 Å². The van der Waals surface area contributed by atoms with Crippen molar-refractivity contribution in [2.24, 2.45) is 11.5 Å². The van der Waals surface area contributed by atoms with Gasteiger partial charge < -0.3 is 16.2 Å². The van der Waals surface area contributed by atoms with E-state index in [4.69, 9.17) is 11.5 Å². The minimum Gasteiger partial charge on any atom is -0.465 e. The molecule has 0 aromatic rings. The monoisotopic (exact) mass is 182 g/mol. The molecule has 72 valence electrons. The van der Waals surface area contributed by atoms with Crippen molar-refractivity contribution in [3.8, 4) is 0 Å². The predicted octanol–water partition coefficient (Wildman–Crippen LogP) is 0.421. The largest absolute Gasteiger partial charge is 0.465 e. The maximum Gasteiger partial charge on any atom is 0.337 e. The van der Waals surface area contributed by atoms with Gasteiger partial charge in [-0.25, -0.2) is 4.79 Å². The maximum atomic E-state index is 10.8. The normalized spacial score (nSPS) is 12.5. The predicted molar refractivity (Wildman–Crippen MR) is 51.4 cm³/mol. The lowest BCUT2D eigenvalue weighted by Gasteiger charge is -1.98. The third kappa shape index (κ3) is 4.00. The minimum atomic E-state index is -0.487. The molecule has 0 amide bonds. The number of nitrogens with two attached hydrogens (primary N) is 2. The second-order valence-corrected chi connectivity index (χ2v) is 2.49. The molecule has 4 nitrogen and oxygen atoms in total. The van der Waals surface area contributed by atoms with Crippen molar-refractivity contribution in [2.45, 2.75) is 6.92 Å². The summed E-state index contributed by atoms with van der Waals surface area (Å²) in [6.45, 7) is 5.14. The minimum absolute atomic E-state index is 0.228. The van der Waals surface area contributed by atoms with Crippen LogP contribution < -0.4 is 11.5 Å². The number of methoxy groups -OCH3 is 1. The molecule has 0 aliphatic rings. The molecule has 0 heterocycles. The lowest BCUT2D eigenvalue weighted by Crippen LogP contribution is -2.05. The number of carbonyl (C=O) groups excluding carboxylic acids is 1. The molecule has 0 saturated heterocycles. The van der Waals surface area contributed by atoms with E-state index >= 15 is 0 Å². The molecule has 0 bridgehead atoms. The van der Waals surface area contributed by atoms with Crippen LogP contribution in [0.4, 0.5) is 0 Å². The van der Waals surface area contributed by atoms with Gasteiger partial charge in [0.15, 0.2) is 0 Å². The highest BCUT2D eigenvalue weighted by Gasteiger charge is 2.01. The third-order valence-electron chi connectivity index (χ3n) is 1.37. The van der Waals surface area contributed by atoms with E-state index in [1.54, 1.807) is 6.92 Å².